The van der Waals surface area contributed by atoms with Crippen LogP contribution in [-0.4, -0.2) is 43.4 Å². The van der Waals surface area contributed by atoms with Crippen LogP contribution in [0.3, 0.4) is 0 Å². The number of hydrogen-bond acceptors (Lipinski definition) is 6. The smallest absolute Gasteiger partial charge is 0.358 e. The van der Waals surface area contributed by atoms with Crippen molar-refractivity contribution in [1.29, 1.82) is 0 Å². The zero-order valence-corrected chi connectivity index (χ0v) is 11.6. The lowest BCUT2D eigenvalue weighted by Crippen LogP contribution is -2.13. The van der Waals surface area contributed by atoms with Gasteiger partial charge in [0.2, 0.25) is 0 Å². The molecule has 0 radical (unpaired) electrons. The van der Waals surface area contributed by atoms with Crippen molar-refractivity contribution in [3.8, 4) is 11.3 Å². The van der Waals surface area contributed by atoms with Crippen LogP contribution in [0.1, 0.15) is 23.2 Å². The fourth-order valence-corrected chi connectivity index (χ4v) is 1.73. The third-order valence-corrected chi connectivity index (χ3v) is 2.63. The highest BCUT2D eigenvalue weighted by atomic mass is 16.5. The van der Waals surface area contributed by atoms with Crippen LogP contribution in [0.25, 0.3) is 11.3 Å². The predicted molar refractivity (Wildman–Crippen MR) is 71.6 cm³/mol. The number of hydrogen-bond donors (Lipinski definition) is 1. The summed E-state index contributed by atoms with van der Waals surface area (Å²) in [5.41, 5.74) is 1.07. The molecule has 0 aromatic carbocycles. The maximum absolute atomic E-state index is 11.7. The molecule has 2 aromatic rings. The molecular formula is C13H14N4O4. The standard InChI is InChI=1S/C13H14N4O4/c1-3-21-13(20)10-4-11(17(16-10)7-12(18)19)9-5-14-8(2)15-6-9/h4-6H,3,7H2,1-2H3,(H,18,19). The zero-order valence-electron chi connectivity index (χ0n) is 11.6. The molecular weight excluding hydrogens is 276 g/mol. The summed E-state index contributed by atoms with van der Waals surface area (Å²) in [5, 5.41) is 12.9. The van der Waals surface area contributed by atoms with Crippen molar-refractivity contribution in [3.05, 3.63) is 30.0 Å². The molecule has 0 bridgehead atoms. The fraction of sp³-hybridized carbons (Fsp3) is 0.308. The molecule has 21 heavy (non-hydrogen) atoms. The molecule has 0 saturated carbocycles. The van der Waals surface area contributed by atoms with Crippen molar-refractivity contribution in [3.63, 3.8) is 0 Å². The molecule has 0 spiro atoms. The minimum atomic E-state index is -1.07. The van der Waals surface area contributed by atoms with Crippen LogP contribution >= 0.6 is 0 Å². The van der Waals surface area contributed by atoms with E-state index in [1.165, 1.54) is 10.7 Å². The van der Waals surface area contributed by atoms with Crippen molar-refractivity contribution in [2.45, 2.75) is 20.4 Å². The average Bonchev–Trinajstić information content (AvgIpc) is 2.83. The number of carbonyl (C=O) groups is 2. The molecule has 0 saturated heterocycles. The summed E-state index contributed by atoms with van der Waals surface area (Å²) in [6, 6.07) is 1.47. The van der Waals surface area contributed by atoms with Gasteiger partial charge in [-0.2, -0.15) is 5.10 Å². The summed E-state index contributed by atoms with van der Waals surface area (Å²) in [4.78, 5) is 30.7. The van der Waals surface area contributed by atoms with E-state index in [0.29, 0.717) is 17.1 Å². The van der Waals surface area contributed by atoms with Gasteiger partial charge >= 0.3 is 11.9 Å². The molecule has 1 N–H and O–H groups in total. The summed E-state index contributed by atoms with van der Waals surface area (Å²) >= 11 is 0. The van der Waals surface area contributed by atoms with Gasteiger partial charge in [0.05, 0.1) is 12.3 Å². The van der Waals surface area contributed by atoms with E-state index >= 15 is 0 Å². The number of aromatic nitrogens is 4. The Morgan fingerprint density at radius 1 is 1.33 bits per heavy atom. The third-order valence-electron chi connectivity index (χ3n) is 2.63. The largest absolute Gasteiger partial charge is 0.480 e. The third kappa shape index (κ3) is 3.41. The van der Waals surface area contributed by atoms with Gasteiger partial charge in [-0.1, -0.05) is 0 Å². The Kier molecular flexibility index (Phi) is 4.27. The first kappa shape index (κ1) is 14.6. The molecule has 0 atom stereocenters. The maximum Gasteiger partial charge on any atom is 0.358 e. The zero-order chi connectivity index (χ0) is 15.4. The van der Waals surface area contributed by atoms with E-state index in [2.05, 4.69) is 15.1 Å². The Hall–Kier alpha value is -2.77. The average molecular weight is 290 g/mol. The van der Waals surface area contributed by atoms with Gasteiger partial charge in [0.1, 0.15) is 12.4 Å². The highest BCUT2D eigenvalue weighted by molar-refractivity contribution is 5.88. The Morgan fingerprint density at radius 2 is 2.00 bits per heavy atom. The quantitative estimate of drug-likeness (QED) is 0.815. The Labute approximate surface area is 120 Å². The lowest BCUT2D eigenvalue weighted by molar-refractivity contribution is -0.137. The monoisotopic (exact) mass is 290 g/mol. The van der Waals surface area contributed by atoms with E-state index in [-0.39, 0.29) is 18.8 Å². The van der Waals surface area contributed by atoms with Crippen LogP contribution in [0, 0.1) is 6.92 Å². The van der Waals surface area contributed by atoms with Gasteiger partial charge in [-0.25, -0.2) is 14.8 Å². The molecule has 0 aliphatic carbocycles. The molecule has 2 rings (SSSR count). The Balaban J connectivity index is 2.44. The first-order chi connectivity index (χ1) is 10.0. The highest BCUT2D eigenvalue weighted by Gasteiger charge is 2.18. The SMILES string of the molecule is CCOC(=O)c1cc(-c2cnc(C)nc2)n(CC(=O)O)n1. The topological polar surface area (TPSA) is 107 Å². The summed E-state index contributed by atoms with van der Waals surface area (Å²) in [5.74, 6) is -1.08. The van der Waals surface area contributed by atoms with Crippen LogP contribution in [0.2, 0.25) is 0 Å². The maximum atomic E-state index is 11.7. The lowest BCUT2D eigenvalue weighted by Gasteiger charge is -2.04. The van der Waals surface area contributed by atoms with Crippen LogP contribution in [0.15, 0.2) is 18.5 Å². The molecule has 2 aromatic heterocycles. The second-order valence-corrected chi connectivity index (χ2v) is 4.21. The molecule has 0 unspecified atom stereocenters. The van der Waals surface area contributed by atoms with Crippen LogP contribution in [0.5, 0.6) is 0 Å². The van der Waals surface area contributed by atoms with Gasteiger partial charge in [0, 0.05) is 18.0 Å². The van der Waals surface area contributed by atoms with E-state index < -0.39 is 11.9 Å². The van der Waals surface area contributed by atoms with Crippen molar-refractivity contribution < 1.29 is 19.4 Å². The first-order valence-corrected chi connectivity index (χ1v) is 6.27. The van der Waals surface area contributed by atoms with Gasteiger partial charge in [0.15, 0.2) is 5.69 Å². The minimum absolute atomic E-state index is 0.0497. The molecule has 0 fully saturated rings. The van der Waals surface area contributed by atoms with Crippen molar-refractivity contribution in [2.75, 3.05) is 6.61 Å². The summed E-state index contributed by atoms with van der Waals surface area (Å²) < 4.78 is 6.07. The molecule has 110 valence electrons. The fourth-order valence-electron chi connectivity index (χ4n) is 1.73. The van der Waals surface area contributed by atoms with E-state index in [4.69, 9.17) is 9.84 Å². The number of esters is 1. The number of carbonyl (C=O) groups excluding carboxylic acids is 1. The van der Waals surface area contributed by atoms with Crippen LogP contribution in [-0.2, 0) is 16.1 Å². The second kappa shape index (κ2) is 6.12. The van der Waals surface area contributed by atoms with Gasteiger partial charge in [-0.3, -0.25) is 9.48 Å². The molecule has 0 aliphatic rings. The number of rotatable bonds is 5. The molecule has 8 nitrogen and oxygen atoms in total. The molecule has 8 heteroatoms. The lowest BCUT2D eigenvalue weighted by atomic mass is 10.2. The van der Waals surface area contributed by atoms with E-state index in [9.17, 15) is 9.59 Å². The number of nitrogens with zero attached hydrogens (tertiary/aromatic N) is 4. The normalized spacial score (nSPS) is 10.4. The number of carboxylic acids is 1. The van der Waals surface area contributed by atoms with Gasteiger partial charge in [-0.15, -0.1) is 0 Å². The van der Waals surface area contributed by atoms with E-state index in [1.54, 1.807) is 26.2 Å². The Bertz CT molecular complexity index is 663. The number of aliphatic carboxylic acids is 1. The minimum Gasteiger partial charge on any atom is -0.480 e. The summed E-state index contributed by atoms with van der Waals surface area (Å²) in [7, 11) is 0. The second-order valence-electron chi connectivity index (χ2n) is 4.21. The Morgan fingerprint density at radius 3 is 2.57 bits per heavy atom. The number of aryl methyl sites for hydroxylation is 1. The molecule has 2 heterocycles. The van der Waals surface area contributed by atoms with Gasteiger partial charge in [0.25, 0.3) is 0 Å². The van der Waals surface area contributed by atoms with Gasteiger partial charge < -0.3 is 9.84 Å². The molecule has 0 amide bonds. The first-order valence-electron chi connectivity index (χ1n) is 6.27. The highest BCUT2D eigenvalue weighted by Crippen LogP contribution is 2.19. The van der Waals surface area contributed by atoms with Crippen LogP contribution in [0.4, 0.5) is 0 Å². The predicted octanol–water partition coefficient (Wildman–Crippen LogP) is 0.910. The summed E-state index contributed by atoms with van der Waals surface area (Å²) in [6.07, 6.45) is 3.10. The van der Waals surface area contributed by atoms with Crippen LogP contribution < -0.4 is 0 Å². The number of ether oxygens (including phenoxy) is 1. The van der Waals surface area contributed by atoms with E-state index in [1.807, 2.05) is 0 Å². The van der Waals surface area contributed by atoms with Crippen molar-refractivity contribution >= 4 is 11.9 Å². The number of carboxylic acid groups (broad SMARTS) is 1. The van der Waals surface area contributed by atoms with Crippen molar-refractivity contribution in [2.24, 2.45) is 0 Å². The molecule has 0 aliphatic heterocycles. The van der Waals surface area contributed by atoms with E-state index in [0.717, 1.165) is 0 Å². The van der Waals surface area contributed by atoms with Gasteiger partial charge in [-0.05, 0) is 19.9 Å². The van der Waals surface area contributed by atoms with Crippen molar-refractivity contribution in [1.82, 2.24) is 19.7 Å². The summed E-state index contributed by atoms with van der Waals surface area (Å²) in [6.45, 7) is 3.26.